The van der Waals surface area contributed by atoms with Gasteiger partial charge in [0.15, 0.2) is 23.3 Å². The maximum absolute atomic E-state index is 14.9. The van der Waals surface area contributed by atoms with Crippen molar-refractivity contribution < 1.29 is 22.3 Å². The van der Waals surface area contributed by atoms with Gasteiger partial charge in [0.1, 0.15) is 0 Å². The molecule has 3 aromatic rings. The average molecular weight is 440 g/mol. The van der Waals surface area contributed by atoms with E-state index in [9.17, 15) is 17.6 Å². The second-order valence-corrected chi connectivity index (χ2v) is 8.14. The number of ether oxygens (including phenoxy) is 1. The van der Waals surface area contributed by atoms with Gasteiger partial charge < -0.3 is 4.74 Å². The molecule has 2 unspecified atom stereocenters. The molecule has 166 valence electrons. The molecule has 0 aromatic heterocycles. The van der Waals surface area contributed by atoms with E-state index in [1.807, 2.05) is 19.1 Å². The molecule has 1 fully saturated rings. The van der Waals surface area contributed by atoms with Crippen LogP contribution in [-0.4, -0.2) is 12.7 Å². The third-order valence-electron chi connectivity index (χ3n) is 6.05. The number of hydrogen-bond donors (Lipinski definition) is 0. The molecular weight excluding hydrogens is 416 g/mol. The van der Waals surface area contributed by atoms with Crippen molar-refractivity contribution in [1.82, 2.24) is 0 Å². The molecule has 5 heteroatoms. The van der Waals surface area contributed by atoms with Crippen LogP contribution in [-0.2, 0) is 4.74 Å². The number of halogens is 4. The lowest BCUT2D eigenvalue weighted by Crippen LogP contribution is -2.24. The predicted molar refractivity (Wildman–Crippen MR) is 118 cm³/mol. The maximum atomic E-state index is 14.9. The molecular formula is C27H24F4O. The van der Waals surface area contributed by atoms with Crippen LogP contribution < -0.4 is 0 Å². The highest BCUT2D eigenvalue weighted by Gasteiger charge is 2.26. The lowest BCUT2D eigenvalue weighted by atomic mass is 9.89. The van der Waals surface area contributed by atoms with Gasteiger partial charge in [0.2, 0.25) is 0 Å². The van der Waals surface area contributed by atoms with Gasteiger partial charge in [-0.05, 0) is 48.9 Å². The molecule has 0 aliphatic carbocycles. The van der Waals surface area contributed by atoms with Crippen molar-refractivity contribution in [2.24, 2.45) is 0 Å². The first kappa shape index (κ1) is 22.3. The van der Waals surface area contributed by atoms with Crippen LogP contribution >= 0.6 is 0 Å². The lowest BCUT2D eigenvalue weighted by molar-refractivity contribution is 0.0317. The molecule has 0 amide bonds. The summed E-state index contributed by atoms with van der Waals surface area (Å²) in [6, 6.07) is 12.5. The highest BCUT2D eigenvalue weighted by atomic mass is 19.2. The Balaban J connectivity index is 1.58. The van der Waals surface area contributed by atoms with Gasteiger partial charge in [-0.2, -0.15) is 0 Å². The molecule has 1 heterocycles. The molecule has 3 aromatic carbocycles. The minimum absolute atomic E-state index is 0.0220. The van der Waals surface area contributed by atoms with Crippen molar-refractivity contribution in [2.75, 3.05) is 6.61 Å². The fourth-order valence-corrected chi connectivity index (χ4v) is 4.18. The first-order valence-electron chi connectivity index (χ1n) is 10.7. The van der Waals surface area contributed by atoms with Crippen molar-refractivity contribution in [3.63, 3.8) is 0 Å². The maximum Gasteiger partial charge on any atom is 0.166 e. The molecule has 0 spiro atoms. The van der Waals surface area contributed by atoms with E-state index in [2.05, 4.69) is 0 Å². The van der Waals surface area contributed by atoms with Crippen LogP contribution in [0.2, 0.25) is 0 Å². The highest BCUT2D eigenvalue weighted by Crippen LogP contribution is 2.35. The van der Waals surface area contributed by atoms with Gasteiger partial charge >= 0.3 is 0 Å². The molecule has 0 radical (unpaired) electrons. The molecule has 4 rings (SSSR count). The predicted octanol–water partition coefficient (Wildman–Crippen LogP) is 7.72. The van der Waals surface area contributed by atoms with Crippen molar-refractivity contribution in [2.45, 2.75) is 38.7 Å². The lowest BCUT2D eigenvalue weighted by Gasteiger charge is -2.28. The van der Waals surface area contributed by atoms with Crippen molar-refractivity contribution in [3.8, 4) is 22.3 Å². The fraction of sp³-hybridized carbons (Fsp3) is 0.259. The van der Waals surface area contributed by atoms with Crippen LogP contribution in [0.25, 0.3) is 22.3 Å². The summed E-state index contributed by atoms with van der Waals surface area (Å²) in [6.45, 7) is 3.76. The molecule has 32 heavy (non-hydrogen) atoms. The smallest absolute Gasteiger partial charge is 0.166 e. The van der Waals surface area contributed by atoms with E-state index in [0.29, 0.717) is 23.3 Å². The van der Waals surface area contributed by atoms with E-state index >= 15 is 0 Å². The number of hydrogen-bond acceptors (Lipinski definition) is 1. The molecule has 1 nitrogen and oxygen atoms in total. The van der Waals surface area contributed by atoms with Crippen molar-refractivity contribution in [1.29, 1.82) is 0 Å². The molecule has 1 saturated heterocycles. The SMILES string of the molecule is C/C=C/C1CCC(c2ccc(-c3ccc(-c4ccc(C)c(F)c4F)cc3)c(F)c2F)CO1. The van der Waals surface area contributed by atoms with E-state index in [4.69, 9.17) is 4.74 Å². The van der Waals surface area contributed by atoms with E-state index in [-0.39, 0.29) is 28.7 Å². The van der Waals surface area contributed by atoms with Gasteiger partial charge in [0.05, 0.1) is 12.7 Å². The topological polar surface area (TPSA) is 9.23 Å². The highest BCUT2D eigenvalue weighted by molar-refractivity contribution is 5.71. The van der Waals surface area contributed by atoms with Gasteiger partial charge in [0, 0.05) is 17.0 Å². The summed E-state index contributed by atoms with van der Waals surface area (Å²) in [6.07, 6.45) is 5.40. The number of rotatable bonds is 4. The Kier molecular flexibility index (Phi) is 6.47. The first-order valence-corrected chi connectivity index (χ1v) is 10.7. The average Bonchev–Trinajstić information content (AvgIpc) is 2.81. The molecule has 0 bridgehead atoms. The van der Waals surface area contributed by atoms with E-state index in [1.54, 1.807) is 36.4 Å². The molecule has 1 aliphatic heterocycles. The Morgan fingerprint density at radius 2 is 1.34 bits per heavy atom. The van der Waals surface area contributed by atoms with E-state index in [0.717, 1.165) is 12.8 Å². The first-order chi connectivity index (χ1) is 15.4. The number of benzene rings is 3. The minimum atomic E-state index is -0.925. The van der Waals surface area contributed by atoms with Gasteiger partial charge in [-0.15, -0.1) is 0 Å². The van der Waals surface area contributed by atoms with E-state index < -0.39 is 23.3 Å². The number of allylic oxidation sites excluding steroid dienone is 1. The largest absolute Gasteiger partial charge is 0.374 e. The normalized spacial score (nSPS) is 18.9. The van der Waals surface area contributed by atoms with E-state index in [1.165, 1.54) is 19.1 Å². The summed E-state index contributed by atoms with van der Waals surface area (Å²) < 4.78 is 63.8. The standard InChI is InChI=1S/C27H24F4O/c1-3-4-20-11-10-19(15-32-20)23-14-13-22(26(30)27(23)31)18-8-6-17(7-9-18)21-12-5-16(2)24(28)25(21)29/h3-9,12-14,19-20H,10-11,15H2,1-2H3/b4-3+. The third kappa shape index (κ3) is 4.22. The van der Waals surface area contributed by atoms with Crippen LogP contribution in [0.15, 0.2) is 60.7 Å². The quantitative estimate of drug-likeness (QED) is 0.298. The monoisotopic (exact) mass is 440 g/mol. The van der Waals surface area contributed by atoms with Crippen LogP contribution in [0, 0.1) is 30.2 Å². The summed E-state index contributed by atoms with van der Waals surface area (Å²) in [5.41, 5.74) is 1.70. The Morgan fingerprint density at radius 3 is 1.91 bits per heavy atom. The summed E-state index contributed by atoms with van der Waals surface area (Å²) in [5, 5.41) is 0. The molecule has 1 aliphatic rings. The zero-order valence-electron chi connectivity index (χ0n) is 18.0. The Hall–Kier alpha value is -2.92. The van der Waals surface area contributed by atoms with Crippen LogP contribution in [0.3, 0.4) is 0 Å². The van der Waals surface area contributed by atoms with Crippen molar-refractivity contribution in [3.05, 3.63) is 95.1 Å². The van der Waals surface area contributed by atoms with Crippen LogP contribution in [0.4, 0.5) is 17.6 Å². The summed E-state index contributed by atoms with van der Waals surface area (Å²) in [7, 11) is 0. The third-order valence-corrected chi connectivity index (χ3v) is 6.05. The molecule has 2 atom stereocenters. The van der Waals surface area contributed by atoms with Crippen LogP contribution in [0.5, 0.6) is 0 Å². The minimum Gasteiger partial charge on any atom is -0.374 e. The van der Waals surface area contributed by atoms with Gasteiger partial charge in [0.25, 0.3) is 0 Å². The number of aryl methyl sites for hydroxylation is 1. The second-order valence-electron chi connectivity index (χ2n) is 8.14. The van der Waals surface area contributed by atoms with Gasteiger partial charge in [-0.25, -0.2) is 17.6 Å². The summed E-state index contributed by atoms with van der Waals surface area (Å²) in [4.78, 5) is 0. The van der Waals surface area contributed by atoms with Gasteiger partial charge in [-0.3, -0.25) is 0 Å². The Morgan fingerprint density at radius 1 is 0.750 bits per heavy atom. The molecule has 0 N–H and O–H groups in total. The second kappa shape index (κ2) is 9.29. The Bertz CT molecular complexity index is 1140. The van der Waals surface area contributed by atoms with Gasteiger partial charge in [-0.1, -0.05) is 60.7 Å². The summed E-state index contributed by atoms with van der Waals surface area (Å²) >= 11 is 0. The zero-order chi connectivity index (χ0) is 22.8. The fourth-order valence-electron chi connectivity index (χ4n) is 4.18. The molecule has 0 saturated carbocycles. The van der Waals surface area contributed by atoms with Crippen molar-refractivity contribution >= 4 is 0 Å². The Labute approximate surface area is 185 Å². The zero-order valence-corrected chi connectivity index (χ0v) is 18.0. The summed E-state index contributed by atoms with van der Waals surface area (Å²) in [5.74, 6) is -3.79. The van der Waals surface area contributed by atoms with Crippen LogP contribution in [0.1, 0.15) is 36.8 Å².